The molecule has 1 fully saturated rings. The molecule has 1 heterocycles. The highest BCUT2D eigenvalue weighted by Crippen LogP contribution is 2.27. The molecule has 0 atom stereocenters. The van der Waals surface area contributed by atoms with Crippen molar-refractivity contribution in [3.8, 4) is 11.5 Å². The number of hydrogen-bond donors (Lipinski definition) is 0. The predicted octanol–water partition coefficient (Wildman–Crippen LogP) is 3.15. The lowest BCUT2D eigenvalue weighted by atomic mass is 10.1. The lowest BCUT2D eigenvalue weighted by molar-refractivity contribution is 0.0789. The molecule has 1 saturated heterocycles. The van der Waals surface area contributed by atoms with Crippen LogP contribution in [0.3, 0.4) is 0 Å². The molecule has 1 aliphatic heterocycles. The fraction of sp³-hybridized carbons (Fsp3) is 0.409. The molecule has 0 spiro atoms. The van der Waals surface area contributed by atoms with Crippen LogP contribution in [0.1, 0.15) is 35.7 Å². The van der Waals surface area contributed by atoms with Crippen molar-refractivity contribution in [1.82, 2.24) is 9.21 Å². The fourth-order valence-electron chi connectivity index (χ4n) is 3.53. The Kier molecular flexibility index (Phi) is 6.99. The number of rotatable bonds is 8. The van der Waals surface area contributed by atoms with Crippen molar-refractivity contribution in [2.75, 3.05) is 33.9 Å². The first-order valence-electron chi connectivity index (χ1n) is 10.0. The maximum Gasteiger partial charge on any atom is 0.257 e. The van der Waals surface area contributed by atoms with Gasteiger partial charge in [-0.2, -0.15) is 4.31 Å². The van der Waals surface area contributed by atoms with E-state index in [-0.39, 0.29) is 22.9 Å². The van der Waals surface area contributed by atoms with Crippen molar-refractivity contribution in [1.29, 1.82) is 0 Å². The number of likely N-dealkylation sites (tertiary alicyclic amines) is 1. The van der Waals surface area contributed by atoms with Crippen LogP contribution >= 0.6 is 0 Å². The molecule has 0 saturated carbocycles. The number of methoxy groups -OCH3 is 1. The molecule has 1 aliphatic rings. The van der Waals surface area contributed by atoms with E-state index in [1.54, 1.807) is 11.0 Å². The van der Waals surface area contributed by atoms with Gasteiger partial charge in [0.15, 0.2) is 0 Å². The van der Waals surface area contributed by atoms with Crippen LogP contribution in [-0.4, -0.2) is 57.4 Å². The molecule has 8 heteroatoms. The predicted molar refractivity (Wildman–Crippen MR) is 114 cm³/mol. The van der Waals surface area contributed by atoms with Crippen LogP contribution in [0.2, 0.25) is 0 Å². The van der Waals surface area contributed by atoms with Gasteiger partial charge in [-0.05, 0) is 55.7 Å². The number of benzene rings is 2. The summed E-state index contributed by atoms with van der Waals surface area (Å²) in [5.74, 6) is 0.870. The molecule has 2 aromatic rings. The Labute approximate surface area is 178 Å². The molecule has 0 aromatic heterocycles. The second kappa shape index (κ2) is 9.49. The van der Waals surface area contributed by atoms with Gasteiger partial charge in [0, 0.05) is 26.7 Å². The first-order chi connectivity index (χ1) is 14.4. The van der Waals surface area contributed by atoms with E-state index < -0.39 is 10.0 Å². The summed E-state index contributed by atoms with van der Waals surface area (Å²) in [5, 5.41) is 0. The zero-order valence-corrected chi connectivity index (χ0v) is 18.4. The van der Waals surface area contributed by atoms with Gasteiger partial charge in [-0.15, -0.1) is 0 Å². The highest BCUT2D eigenvalue weighted by Gasteiger charge is 2.27. The molecule has 7 nitrogen and oxygen atoms in total. The number of carbonyl (C=O) groups excluding carboxylic acids is 1. The standard InChI is InChI=1S/C22H28N2O5S/c1-4-29-18-9-7-8-17(14-18)16-23(2)30(26,27)19-10-11-21(28-3)20(15-19)22(25)24-12-5-6-13-24/h7-11,14-15H,4-6,12-13,16H2,1-3H3. The fourth-order valence-corrected chi connectivity index (χ4v) is 4.71. The Morgan fingerprint density at radius 3 is 2.53 bits per heavy atom. The number of sulfonamides is 1. The van der Waals surface area contributed by atoms with Crippen LogP contribution in [0.15, 0.2) is 47.4 Å². The smallest absolute Gasteiger partial charge is 0.257 e. The highest BCUT2D eigenvalue weighted by atomic mass is 32.2. The Balaban J connectivity index is 1.86. The van der Waals surface area contributed by atoms with Gasteiger partial charge < -0.3 is 14.4 Å². The number of carbonyl (C=O) groups is 1. The summed E-state index contributed by atoms with van der Waals surface area (Å²) in [4.78, 5) is 14.7. The third kappa shape index (κ3) is 4.76. The van der Waals surface area contributed by atoms with Crippen molar-refractivity contribution in [3.05, 3.63) is 53.6 Å². The summed E-state index contributed by atoms with van der Waals surface area (Å²) in [7, 11) is -0.804. The first-order valence-corrected chi connectivity index (χ1v) is 11.5. The third-order valence-electron chi connectivity index (χ3n) is 5.12. The molecular formula is C22H28N2O5S. The molecule has 2 aromatic carbocycles. The van der Waals surface area contributed by atoms with Crippen LogP contribution in [-0.2, 0) is 16.6 Å². The monoisotopic (exact) mass is 432 g/mol. The summed E-state index contributed by atoms with van der Waals surface area (Å²) < 4.78 is 38.4. The average Bonchev–Trinajstić information content (AvgIpc) is 3.28. The second-order valence-electron chi connectivity index (χ2n) is 7.20. The van der Waals surface area contributed by atoms with Crippen molar-refractivity contribution in [2.24, 2.45) is 0 Å². The lowest BCUT2D eigenvalue weighted by Gasteiger charge is -2.20. The third-order valence-corrected chi connectivity index (χ3v) is 6.92. The molecular weight excluding hydrogens is 404 g/mol. The highest BCUT2D eigenvalue weighted by molar-refractivity contribution is 7.89. The second-order valence-corrected chi connectivity index (χ2v) is 9.25. The maximum absolute atomic E-state index is 13.2. The zero-order chi connectivity index (χ0) is 21.7. The number of hydrogen-bond acceptors (Lipinski definition) is 5. The van der Waals surface area contributed by atoms with Gasteiger partial charge in [-0.25, -0.2) is 8.42 Å². The number of ether oxygens (including phenoxy) is 2. The molecule has 1 amide bonds. The van der Waals surface area contributed by atoms with Crippen molar-refractivity contribution in [2.45, 2.75) is 31.2 Å². The minimum absolute atomic E-state index is 0.0642. The summed E-state index contributed by atoms with van der Waals surface area (Å²) in [5.41, 5.74) is 1.08. The van der Waals surface area contributed by atoms with E-state index in [0.717, 1.165) is 18.4 Å². The average molecular weight is 433 g/mol. The van der Waals surface area contributed by atoms with Gasteiger partial charge in [0.2, 0.25) is 10.0 Å². The van der Waals surface area contributed by atoms with E-state index in [1.165, 1.54) is 30.6 Å². The van der Waals surface area contributed by atoms with Crippen LogP contribution < -0.4 is 9.47 Å². The first kappa shape index (κ1) is 22.1. The van der Waals surface area contributed by atoms with Crippen molar-refractivity contribution < 1.29 is 22.7 Å². The minimum atomic E-state index is -3.80. The Morgan fingerprint density at radius 1 is 1.13 bits per heavy atom. The van der Waals surface area contributed by atoms with Gasteiger partial charge in [0.05, 0.1) is 24.2 Å². The van der Waals surface area contributed by atoms with E-state index in [4.69, 9.17) is 9.47 Å². The molecule has 0 radical (unpaired) electrons. The number of amides is 1. The summed E-state index contributed by atoms with van der Waals surface area (Å²) in [6.07, 6.45) is 1.91. The zero-order valence-electron chi connectivity index (χ0n) is 17.6. The van der Waals surface area contributed by atoms with Gasteiger partial charge in [-0.1, -0.05) is 12.1 Å². The number of nitrogens with zero attached hydrogens (tertiary/aromatic N) is 2. The summed E-state index contributed by atoms with van der Waals surface area (Å²) in [6.45, 7) is 3.97. The van der Waals surface area contributed by atoms with E-state index in [2.05, 4.69) is 0 Å². The topological polar surface area (TPSA) is 76.1 Å². The molecule has 30 heavy (non-hydrogen) atoms. The van der Waals surface area contributed by atoms with E-state index in [1.807, 2.05) is 31.2 Å². The minimum Gasteiger partial charge on any atom is -0.496 e. The van der Waals surface area contributed by atoms with Gasteiger partial charge in [0.25, 0.3) is 5.91 Å². The summed E-state index contributed by atoms with van der Waals surface area (Å²) >= 11 is 0. The molecule has 0 bridgehead atoms. The van der Waals surface area contributed by atoms with Gasteiger partial charge >= 0.3 is 0 Å². The Hall–Kier alpha value is -2.58. The van der Waals surface area contributed by atoms with E-state index >= 15 is 0 Å². The van der Waals surface area contributed by atoms with Gasteiger partial charge in [0.1, 0.15) is 11.5 Å². The Morgan fingerprint density at radius 2 is 1.87 bits per heavy atom. The normalized spacial score (nSPS) is 14.2. The molecule has 0 unspecified atom stereocenters. The maximum atomic E-state index is 13.2. The van der Waals surface area contributed by atoms with Crippen LogP contribution in [0, 0.1) is 0 Å². The van der Waals surface area contributed by atoms with Gasteiger partial charge in [-0.3, -0.25) is 4.79 Å². The van der Waals surface area contributed by atoms with Crippen LogP contribution in [0.5, 0.6) is 11.5 Å². The summed E-state index contributed by atoms with van der Waals surface area (Å²) in [6, 6.07) is 11.8. The van der Waals surface area contributed by atoms with Crippen LogP contribution in [0.25, 0.3) is 0 Å². The molecule has 0 N–H and O–H groups in total. The van der Waals surface area contributed by atoms with E-state index in [9.17, 15) is 13.2 Å². The lowest BCUT2D eigenvalue weighted by Crippen LogP contribution is -2.29. The molecule has 3 rings (SSSR count). The SMILES string of the molecule is CCOc1cccc(CN(C)S(=O)(=O)c2ccc(OC)c(C(=O)N3CCCC3)c2)c1. The van der Waals surface area contributed by atoms with Crippen molar-refractivity contribution in [3.63, 3.8) is 0 Å². The largest absolute Gasteiger partial charge is 0.496 e. The van der Waals surface area contributed by atoms with E-state index in [0.29, 0.717) is 31.2 Å². The Bertz CT molecular complexity index is 1000. The van der Waals surface area contributed by atoms with Crippen LogP contribution in [0.4, 0.5) is 0 Å². The quantitative estimate of drug-likeness (QED) is 0.641. The van der Waals surface area contributed by atoms with Crippen molar-refractivity contribution >= 4 is 15.9 Å². The molecule has 162 valence electrons. The molecule has 0 aliphatic carbocycles.